The van der Waals surface area contributed by atoms with Gasteiger partial charge in [0, 0.05) is 5.56 Å². The Morgan fingerprint density at radius 1 is 1.03 bits per heavy atom. The number of nitrogens with zero attached hydrogens (tertiary/aromatic N) is 3. The van der Waals surface area contributed by atoms with Crippen LogP contribution in [0.1, 0.15) is 49.2 Å². The molecule has 0 bridgehead atoms. The number of aromatic nitrogens is 2. The molecule has 3 aromatic rings. The number of piperidine rings is 1. The minimum absolute atomic E-state index is 0.141. The zero-order valence-corrected chi connectivity index (χ0v) is 18.2. The van der Waals surface area contributed by atoms with Crippen molar-refractivity contribution >= 4 is 0 Å². The van der Waals surface area contributed by atoms with Gasteiger partial charge >= 0.3 is 0 Å². The third-order valence-electron chi connectivity index (χ3n) is 6.29. The number of likely N-dealkylation sites (tertiary alicyclic amines) is 1. The fourth-order valence-corrected chi connectivity index (χ4v) is 4.16. The lowest BCUT2D eigenvalue weighted by molar-refractivity contribution is 0.122. The number of benzene rings is 2. The molecule has 158 valence electrons. The van der Waals surface area contributed by atoms with Gasteiger partial charge in [0.15, 0.2) is 0 Å². The molecule has 5 nitrogen and oxygen atoms in total. The minimum atomic E-state index is 0.141. The Kier molecular flexibility index (Phi) is 6.48. The summed E-state index contributed by atoms with van der Waals surface area (Å²) in [6.07, 6.45) is 4.91. The lowest BCUT2D eigenvalue weighted by atomic mass is 9.90. The van der Waals surface area contributed by atoms with E-state index in [9.17, 15) is 0 Å². The Hall–Kier alpha value is -2.66. The highest BCUT2D eigenvalue weighted by Crippen LogP contribution is 2.30. The van der Waals surface area contributed by atoms with E-state index in [1.165, 1.54) is 36.8 Å². The minimum Gasteiger partial charge on any atom is -0.497 e. The molecule has 0 amide bonds. The van der Waals surface area contributed by atoms with Crippen LogP contribution in [0.2, 0.25) is 0 Å². The average molecular weight is 406 g/mol. The van der Waals surface area contributed by atoms with E-state index < -0.39 is 0 Å². The van der Waals surface area contributed by atoms with E-state index in [-0.39, 0.29) is 6.04 Å². The Labute approximate surface area is 179 Å². The van der Waals surface area contributed by atoms with Crippen LogP contribution in [0.3, 0.4) is 0 Å². The highest BCUT2D eigenvalue weighted by atomic mass is 16.5. The zero-order chi connectivity index (χ0) is 20.9. The summed E-state index contributed by atoms with van der Waals surface area (Å²) >= 11 is 0. The Morgan fingerprint density at radius 2 is 1.73 bits per heavy atom. The number of methoxy groups -OCH3 is 1. The third-order valence-corrected chi connectivity index (χ3v) is 6.29. The van der Waals surface area contributed by atoms with Gasteiger partial charge in [0.2, 0.25) is 11.8 Å². The number of hydrogen-bond donors (Lipinski definition) is 0. The van der Waals surface area contributed by atoms with Gasteiger partial charge in [-0.05, 0) is 88.4 Å². The van der Waals surface area contributed by atoms with E-state index in [0.717, 1.165) is 30.3 Å². The molecule has 0 spiro atoms. The quantitative estimate of drug-likeness (QED) is 0.522. The zero-order valence-electron chi connectivity index (χ0n) is 18.2. The van der Waals surface area contributed by atoms with Crippen molar-refractivity contribution in [1.82, 2.24) is 15.1 Å². The van der Waals surface area contributed by atoms with Gasteiger partial charge < -0.3 is 9.15 Å². The maximum Gasteiger partial charge on any atom is 0.247 e. The van der Waals surface area contributed by atoms with Crippen molar-refractivity contribution < 1.29 is 9.15 Å². The van der Waals surface area contributed by atoms with Crippen molar-refractivity contribution in [3.8, 4) is 17.2 Å². The van der Waals surface area contributed by atoms with Crippen molar-refractivity contribution in [2.75, 3.05) is 20.2 Å². The molecule has 5 heteroatoms. The molecule has 1 atom stereocenters. The molecule has 0 saturated carbocycles. The standard InChI is InChI=1S/C25H31N3O2/c1-18-4-6-20(7-5-18)8-9-21-14-16-28(17-15-21)19(2)24-26-27-25(30-24)22-10-12-23(29-3)13-11-22/h4-7,10-13,19,21H,8-9,14-17H2,1-3H3. The van der Waals surface area contributed by atoms with Gasteiger partial charge in [-0.15, -0.1) is 10.2 Å². The predicted molar refractivity (Wildman–Crippen MR) is 118 cm³/mol. The van der Waals surface area contributed by atoms with E-state index in [1.54, 1.807) is 7.11 Å². The first kappa shape index (κ1) is 20.6. The van der Waals surface area contributed by atoms with Crippen LogP contribution in [0, 0.1) is 12.8 Å². The molecule has 0 radical (unpaired) electrons. The number of aryl methyl sites for hydroxylation is 2. The van der Waals surface area contributed by atoms with Crippen LogP contribution < -0.4 is 4.74 Å². The summed E-state index contributed by atoms with van der Waals surface area (Å²) in [7, 11) is 1.66. The van der Waals surface area contributed by atoms with Crippen LogP contribution in [0.15, 0.2) is 52.9 Å². The molecular weight excluding hydrogens is 374 g/mol. The van der Waals surface area contributed by atoms with Gasteiger partial charge in [-0.3, -0.25) is 4.90 Å². The molecule has 0 aliphatic carbocycles. The van der Waals surface area contributed by atoms with Crippen LogP contribution in [-0.4, -0.2) is 35.3 Å². The van der Waals surface area contributed by atoms with Gasteiger partial charge in [-0.1, -0.05) is 29.8 Å². The van der Waals surface area contributed by atoms with E-state index in [0.29, 0.717) is 11.8 Å². The van der Waals surface area contributed by atoms with Crippen molar-refractivity contribution in [3.63, 3.8) is 0 Å². The maximum atomic E-state index is 6.00. The molecule has 1 saturated heterocycles. The van der Waals surface area contributed by atoms with Gasteiger partial charge in [0.05, 0.1) is 13.2 Å². The van der Waals surface area contributed by atoms with E-state index in [2.05, 4.69) is 53.2 Å². The van der Waals surface area contributed by atoms with Gasteiger partial charge in [0.1, 0.15) is 5.75 Å². The second kappa shape index (κ2) is 9.43. The van der Waals surface area contributed by atoms with Crippen LogP contribution >= 0.6 is 0 Å². The molecule has 1 aliphatic rings. The maximum absolute atomic E-state index is 6.00. The normalized spacial score (nSPS) is 16.5. The SMILES string of the molecule is COc1ccc(-c2nnc(C(C)N3CCC(CCc4ccc(C)cc4)CC3)o2)cc1. The fraction of sp³-hybridized carbons (Fsp3) is 0.440. The summed E-state index contributed by atoms with van der Waals surface area (Å²) in [5.74, 6) is 2.87. The first-order valence-electron chi connectivity index (χ1n) is 10.9. The molecule has 2 aromatic carbocycles. The summed E-state index contributed by atoms with van der Waals surface area (Å²) in [5.41, 5.74) is 3.70. The number of hydrogen-bond acceptors (Lipinski definition) is 5. The summed E-state index contributed by atoms with van der Waals surface area (Å²) in [6.45, 7) is 6.47. The number of ether oxygens (including phenoxy) is 1. The Morgan fingerprint density at radius 3 is 2.40 bits per heavy atom. The second-order valence-electron chi connectivity index (χ2n) is 8.35. The molecule has 30 heavy (non-hydrogen) atoms. The van der Waals surface area contributed by atoms with Gasteiger partial charge in [0.25, 0.3) is 0 Å². The van der Waals surface area contributed by atoms with Crippen molar-refractivity contribution in [2.45, 2.75) is 45.6 Å². The van der Waals surface area contributed by atoms with Crippen LogP contribution in [-0.2, 0) is 6.42 Å². The van der Waals surface area contributed by atoms with E-state index >= 15 is 0 Å². The molecule has 0 N–H and O–H groups in total. The smallest absolute Gasteiger partial charge is 0.247 e. The third kappa shape index (κ3) is 4.90. The lowest BCUT2D eigenvalue weighted by Gasteiger charge is -2.34. The molecule has 1 aromatic heterocycles. The van der Waals surface area contributed by atoms with Crippen molar-refractivity contribution in [2.24, 2.45) is 5.92 Å². The first-order chi connectivity index (χ1) is 14.6. The number of rotatable bonds is 7. The summed E-state index contributed by atoms with van der Waals surface area (Å²) in [6, 6.07) is 16.8. The molecule has 2 heterocycles. The van der Waals surface area contributed by atoms with Crippen LogP contribution in [0.4, 0.5) is 0 Å². The van der Waals surface area contributed by atoms with Crippen molar-refractivity contribution in [1.29, 1.82) is 0 Å². The largest absolute Gasteiger partial charge is 0.497 e. The summed E-state index contributed by atoms with van der Waals surface area (Å²) in [5, 5.41) is 8.58. The van der Waals surface area contributed by atoms with E-state index in [1.807, 2.05) is 24.3 Å². The van der Waals surface area contributed by atoms with Crippen molar-refractivity contribution in [3.05, 3.63) is 65.5 Å². The topological polar surface area (TPSA) is 51.4 Å². The first-order valence-corrected chi connectivity index (χ1v) is 10.9. The highest BCUT2D eigenvalue weighted by Gasteiger charge is 2.26. The van der Waals surface area contributed by atoms with Crippen LogP contribution in [0.25, 0.3) is 11.5 Å². The molecule has 1 fully saturated rings. The average Bonchev–Trinajstić information content (AvgIpc) is 3.29. The molecular formula is C25H31N3O2. The van der Waals surface area contributed by atoms with E-state index in [4.69, 9.17) is 9.15 Å². The summed E-state index contributed by atoms with van der Waals surface area (Å²) in [4.78, 5) is 2.47. The fourth-order valence-electron chi connectivity index (χ4n) is 4.16. The van der Waals surface area contributed by atoms with Gasteiger partial charge in [-0.2, -0.15) is 0 Å². The second-order valence-corrected chi connectivity index (χ2v) is 8.35. The molecule has 1 unspecified atom stereocenters. The monoisotopic (exact) mass is 405 g/mol. The highest BCUT2D eigenvalue weighted by molar-refractivity contribution is 5.53. The Bertz CT molecular complexity index is 926. The summed E-state index contributed by atoms with van der Waals surface area (Å²) < 4.78 is 11.2. The lowest BCUT2D eigenvalue weighted by Crippen LogP contribution is -2.36. The van der Waals surface area contributed by atoms with Gasteiger partial charge in [-0.25, -0.2) is 0 Å². The Balaban J connectivity index is 1.29. The molecule has 4 rings (SSSR count). The molecule has 1 aliphatic heterocycles. The predicted octanol–water partition coefficient (Wildman–Crippen LogP) is 5.46. The van der Waals surface area contributed by atoms with Crippen LogP contribution in [0.5, 0.6) is 5.75 Å².